The molecule has 7 heteroatoms. The second-order valence-electron chi connectivity index (χ2n) is 4.76. The number of aromatic nitrogens is 3. The molecule has 5 nitrogen and oxygen atoms in total. The van der Waals surface area contributed by atoms with E-state index in [0.717, 1.165) is 11.3 Å². The van der Waals surface area contributed by atoms with Gasteiger partial charge < -0.3 is 4.74 Å². The van der Waals surface area contributed by atoms with Crippen LogP contribution in [0.2, 0.25) is 0 Å². The smallest absolute Gasteiger partial charge is 0.378 e. The van der Waals surface area contributed by atoms with E-state index in [0.29, 0.717) is 18.1 Å². The second kappa shape index (κ2) is 6.70. The van der Waals surface area contributed by atoms with Crippen LogP contribution in [0.4, 0.5) is 4.39 Å². The van der Waals surface area contributed by atoms with Gasteiger partial charge in [-0.05, 0) is 42.1 Å². The first-order valence-electron chi connectivity index (χ1n) is 7.13. The topological polar surface area (TPSA) is 57.0 Å². The Morgan fingerprint density at radius 1 is 1.30 bits per heavy atom. The van der Waals surface area contributed by atoms with Crippen molar-refractivity contribution in [1.29, 1.82) is 0 Å². The first-order chi connectivity index (χ1) is 11.2. The summed E-state index contributed by atoms with van der Waals surface area (Å²) >= 11 is 1.48. The Bertz CT molecular complexity index is 797. The molecule has 3 rings (SSSR count). The predicted octanol–water partition coefficient (Wildman–Crippen LogP) is 3.70. The number of carbonyl (C=O) groups excluding carboxylic acids is 1. The summed E-state index contributed by atoms with van der Waals surface area (Å²) in [6.45, 7) is 2.23. The fourth-order valence-corrected chi connectivity index (χ4v) is 2.68. The average molecular weight is 331 g/mol. The Morgan fingerprint density at radius 3 is 2.74 bits per heavy atom. The SMILES string of the molecule is CCCOC(=O)c1nc(-c2cccs2)n(-c2ccc(F)cc2)n1. The van der Waals surface area contributed by atoms with Gasteiger partial charge in [0, 0.05) is 0 Å². The molecule has 0 fully saturated rings. The molecule has 0 aliphatic heterocycles. The van der Waals surface area contributed by atoms with E-state index in [4.69, 9.17) is 4.74 Å². The zero-order valence-electron chi connectivity index (χ0n) is 12.4. The number of esters is 1. The molecular formula is C16H14FN3O2S. The lowest BCUT2D eigenvalue weighted by Gasteiger charge is -2.03. The van der Waals surface area contributed by atoms with Crippen molar-refractivity contribution in [1.82, 2.24) is 14.8 Å². The third kappa shape index (κ3) is 3.29. The summed E-state index contributed by atoms with van der Waals surface area (Å²) in [5.41, 5.74) is 0.622. The van der Waals surface area contributed by atoms with Crippen molar-refractivity contribution in [3.63, 3.8) is 0 Å². The molecule has 1 aromatic carbocycles. The molecule has 3 aromatic rings. The van der Waals surface area contributed by atoms with Crippen molar-refractivity contribution in [2.75, 3.05) is 6.61 Å². The Kier molecular flexibility index (Phi) is 4.47. The van der Waals surface area contributed by atoms with Crippen molar-refractivity contribution in [2.24, 2.45) is 0 Å². The fourth-order valence-electron chi connectivity index (χ4n) is 1.99. The van der Waals surface area contributed by atoms with Gasteiger partial charge in [-0.1, -0.05) is 13.0 Å². The van der Waals surface area contributed by atoms with Gasteiger partial charge in [0.2, 0.25) is 0 Å². The lowest BCUT2D eigenvalue weighted by atomic mass is 10.3. The van der Waals surface area contributed by atoms with E-state index in [1.54, 1.807) is 12.1 Å². The lowest BCUT2D eigenvalue weighted by Crippen LogP contribution is -2.08. The van der Waals surface area contributed by atoms with Gasteiger partial charge in [0.1, 0.15) is 5.82 Å². The number of benzene rings is 1. The zero-order chi connectivity index (χ0) is 16.2. The van der Waals surface area contributed by atoms with Crippen molar-refractivity contribution in [3.8, 4) is 16.4 Å². The van der Waals surface area contributed by atoms with Gasteiger partial charge in [-0.2, -0.15) is 4.98 Å². The highest BCUT2D eigenvalue weighted by atomic mass is 32.1. The van der Waals surface area contributed by atoms with Gasteiger partial charge in [-0.3, -0.25) is 0 Å². The van der Waals surface area contributed by atoms with Crippen LogP contribution in [0.3, 0.4) is 0 Å². The third-order valence-electron chi connectivity index (χ3n) is 3.04. The molecule has 0 aliphatic rings. The van der Waals surface area contributed by atoms with E-state index in [1.165, 1.54) is 28.2 Å². The normalized spacial score (nSPS) is 10.7. The minimum atomic E-state index is -0.564. The van der Waals surface area contributed by atoms with Gasteiger partial charge in [0.15, 0.2) is 5.82 Å². The van der Waals surface area contributed by atoms with Crippen LogP contribution in [-0.2, 0) is 4.74 Å². The maximum Gasteiger partial charge on any atom is 0.378 e. The number of carbonyl (C=O) groups is 1. The molecule has 0 spiro atoms. The van der Waals surface area contributed by atoms with Crippen LogP contribution in [0.1, 0.15) is 24.0 Å². The number of halogens is 1. The minimum Gasteiger partial charge on any atom is -0.460 e. The Labute approximate surface area is 136 Å². The van der Waals surface area contributed by atoms with Crippen molar-refractivity contribution < 1.29 is 13.9 Å². The van der Waals surface area contributed by atoms with E-state index < -0.39 is 5.97 Å². The van der Waals surface area contributed by atoms with E-state index in [1.807, 2.05) is 24.4 Å². The summed E-state index contributed by atoms with van der Waals surface area (Å²) in [7, 11) is 0. The summed E-state index contributed by atoms with van der Waals surface area (Å²) in [6, 6.07) is 9.62. The Hall–Kier alpha value is -2.54. The van der Waals surface area contributed by atoms with Gasteiger partial charge in [0.25, 0.3) is 5.82 Å². The van der Waals surface area contributed by atoms with E-state index in [-0.39, 0.29) is 11.6 Å². The molecular weight excluding hydrogens is 317 g/mol. The number of hydrogen-bond donors (Lipinski definition) is 0. The van der Waals surface area contributed by atoms with Crippen molar-refractivity contribution in [2.45, 2.75) is 13.3 Å². The number of ether oxygens (including phenoxy) is 1. The molecule has 0 saturated heterocycles. The van der Waals surface area contributed by atoms with Crippen LogP contribution in [0.25, 0.3) is 16.4 Å². The number of hydrogen-bond acceptors (Lipinski definition) is 5. The van der Waals surface area contributed by atoms with Gasteiger partial charge in [0.05, 0.1) is 17.2 Å². The van der Waals surface area contributed by atoms with Crippen LogP contribution in [0.15, 0.2) is 41.8 Å². The highest BCUT2D eigenvalue weighted by molar-refractivity contribution is 7.13. The quantitative estimate of drug-likeness (QED) is 0.669. The van der Waals surface area contributed by atoms with Gasteiger partial charge in [-0.25, -0.2) is 13.9 Å². The molecule has 118 valence electrons. The van der Waals surface area contributed by atoms with Gasteiger partial charge >= 0.3 is 5.97 Å². The van der Waals surface area contributed by atoms with Crippen molar-refractivity contribution in [3.05, 3.63) is 53.4 Å². The molecule has 0 amide bonds. The molecule has 0 radical (unpaired) electrons. The minimum absolute atomic E-state index is 0.00817. The molecule has 0 N–H and O–H groups in total. The van der Waals surface area contributed by atoms with E-state index in [9.17, 15) is 9.18 Å². The van der Waals surface area contributed by atoms with Crippen LogP contribution in [0, 0.1) is 5.82 Å². The maximum atomic E-state index is 13.1. The maximum absolute atomic E-state index is 13.1. The summed E-state index contributed by atoms with van der Waals surface area (Å²) < 4.78 is 19.7. The number of nitrogens with zero attached hydrogens (tertiary/aromatic N) is 3. The van der Waals surface area contributed by atoms with E-state index in [2.05, 4.69) is 10.1 Å². The number of rotatable bonds is 5. The monoisotopic (exact) mass is 331 g/mol. The summed E-state index contributed by atoms with van der Waals surface area (Å²) in [5.74, 6) is -0.388. The summed E-state index contributed by atoms with van der Waals surface area (Å²) in [4.78, 5) is 17.2. The largest absolute Gasteiger partial charge is 0.460 e. The Morgan fingerprint density at radius 2 is 2.09 bits per heavy atom. The van der Waals surface area contributed by atoms with Crippen molar-refractivity contribution >= 4 is 17.3 Å². The summed E-state index contributed by atoms with van der Waals surface area (Å²) in [6.07, 6.45) is 0.724. The first-order valence-corrected chi connectivity index (χ1v) is 8.01. The van der Waals surface area contributed by atoms with Crippen LogP contribution in [0.5, 0.6) is 0 Å². The first kappa shape index (κ1) is 15.4. The lowest BCUT2D eigenvalue weighted by molar-refractivity contribution is 0.0491. The zero-order valence-corrected chi connectivity index (χ0v) is 13.2. The fraction of sp³-hybridized carbons (Fsp3) is 0.188. The molecule has 0 unspecified atom stereocenters. The molecule has 0 atom stereocenters. The van der Waals surface area contributed by atoms with E-state index >= 15 is 0 Å². The molecule has 0 bridgehead atoms. The van der Waals surface area contributed by atoms with Crippen LogP contribution < -0.4 is 0 Å². The highest BCUT2D eigenvalue weighted by Gasteiger charge is 2.20. The predicted molar refractivity (Wildman–Crippen MR) is 85.2 cm³/mol. The molecule has 0 saturated carbocycles. The second-order valence-corrected chi connectivity index (χ2v) is 5.71. The third-order valence-corrected chi connectivity index (χ3v) is 3.91. The van der Waals surface area contributed by atoms with Crippen LogP contribution in [-0.4, -0.2) is 27.3 Å². The summed E-state index contributed by atoms with van der Waals surface area (Å²) in [5, 5.41) is 6.14. The molecule has 2 aromatic heterocycles. The molecule has 23 heavy (non-hydrogen) atoms. The van der Waals surface area contributed by atoms with Gasteiger partial charge in [-0.15, -0.1) is 16.4 Å². The highest BCUT2D eigenvalue weighted by Crippen LogP contribution is 2.25. The number of thiophene rings is 1. The Balaban J connectivity index is 2.04. The van der Waals surface area contributed by atoms with Crippen LogP contribution >= 0.6 is 11.3 Å². The molecule has 0 aliphatic carbocycles. The average Bonchev–Trinajstić information content (AvgIpc) is 3.22. The molecule has 2 heterocycles. The standard InChI is InChI=1S/C16H14FN3O2S/c1-2-9-22-16(21)14-18-15(13-4-3-10-23-13)20(19-14)12-7-5-11(17)6-8-12/h3-8,10H,2,9H2,1H3.